The number of fused-ring (bicyclic) bond motifs is 1. The Balaban J connectivity index is 2.44. The van der Waals surface area contributed by atoms with Gasteiger partial charge in [-0.25, -0.2) is 14.2 Å². The van der Waals surface area contributed by atoms with E-state index in [0.717, 1.165) is 11.7 Å². The molecular formula is C12H10BrFN2O3. The highest BCUT2D eigenvalue weighted by molar-refractivity contribution is 9.10. The summed E-state index contributed by atoms with van der Waals surface area (Å²) in [7, 11) is 1.09. The maximum absolute atomic E-state index is 13.5. The Morgan fingerprint density at radius 3 is 3.00 bits per heavy atom. The van der Waals surface area contributed by atoms with E-state index in [1.807, 2.05) is 0 Å². The van der Waals surface area contributed by atoms with E-state index in [0.29, 0.717) is 15.4 Å². The molecule has 2 rings (SSSR count). The smallest absolute Gasteiger partial charge is 0.342 e. The maximum Gasteiger partial charge on any atom is 0.342 e. The molecule has 0 fully saturated rings. The second kappa shape index (κ2) is 5.48. The number of ether oxygens (including phenoxy) is 1. The van der Waals surface area contributed by atoms with Crippen molar-refractivity contribution >= 4 is 32.8 Å². The van der Waals surface area contributed by atoms with E-state index in [1.165, 1.54) is 6.33 Å². The molecule has 0 bridgehead atoms. The number of para-hydroxylation sites is 1. The summed E-state index contributed by atoms with van der Waals surface area (Å²) in [6.45, 7) is -0.416. The molecule has 5 nitrogen and oxygen atoms in total. The average Bonchev–Trinajstić information content (AvgIpc) is 2.41. The van der Waals surface area contributed by atoms with Crippen molar-refractivity contribution in [3.63, 3.8) is 0 Å². The van der Waals surface area contributed by atoms with E-state index in [1.54, 1.807) is 18.2 Å². The second-order valence-electron chi connectivity index (χ2n) is 3.83. The van der Waals surface area contributed by atoms with Gasteiger partial charge in [-0.05, 0) is 28.1 Å². The van der Waals surface area contributed by atoms with Crippen LogP contribution in [0.5, 0.6) is 0 Å². The van der Waals surface area contributed by atoms with E-state index in [4.69, 9.17) is 0 Å². The Bertz CT molecular complexity index is 686. The average molecular weight is 329 g/mol. The number of alkyl halides is 1. The molecule has 2 aromatic rings. The number of halogens is 2. The molecule has 1 heterocycles. The number of carbonyl (C=O) groups is 1. The standard InChI is InChI=1S/C12H10BrFN2O3/c1-19-12(18)9(14)5-16-6-15-10-7(11(16)17)3-2-4-8(10)13/h2-4,6,9H,5H2,1H3. The van der Waals surface area contributed by atoms with Crippen LogP contribution in [-0.2, 0) is 16.1 Å². The third-order valence-electron chi connectivity index (χ3n) is 2.62. The van der Waals surface area contributed by atoms with Gasteiger partial charge in [-0.2, -0.15) is 0 Å². The van der Waals surface area contributed by atoms with Crippen molar-refractivity contribution in [1.82, 2.24) is 9.55 Å². The lowest BCUT2D eigenvalue weighted by Crippen LogP contribution is -2.30. The van der Waals surface area contributed by atoms with Crippen LogP contribution in [0, 0.1) is 0 Å². The van der Waals surface area contributed by atoms with Crippen LogP contribution in [0.4, 0.5) is 4.39 Å². The number of aromatic nitrogens is 2. The molecule has 0 saturated carbocycles. The monoisotopic (exact) mass is 328 g/mol. The fourth-order valence-electron chi connectivity index (χ4n) is 1.66. The van der Waals surface area contributed by atoms with E-state index >= 15 is 0 Å². The number of methoxy groups -OCH3 is 1. The molecule has 0 saturated heterocycles. The molecule has 0 aliphatic carbocycles. The van der Waals surface area contributed by atoms with Gasteiger partial charge in [0.1, 0.15) is 0 Å². The van der Waals surface area contributed by atoms with Gasteiger partial charge in [-0.1, -0.05) is 6.07 Å². The first-order chi connectivity index (χ1) is 9.04. The zero-order valence-electron chi connectivity index (χ0n) is 9.97. The zero-order valence-corrected chi connectivity index (χ0v) is 11.6. The maximum atomic E-state index is 13.5. The summed E-state index contributed by atoms with van der Waals surface area (Å²) in [5.74, 6) is -1.01. The predicted octanol–water partition coefficient (Wildman–Crippen LogP) is 1.67. The molecule has 0 amide bonds. The molecule has 1 aromatic heterocycles. The van der Waals surface area contributed by atoms with Crippen LogP contribution in [0.1, 0.15) is 0 Å². The highest BCUT2D eigenvalue weighted by atomic mass is 79.9. The van der Waals surface area contributed by atoms with Crippen molar-refractivity contribution in [2.45, 2.75) is 12.7 Å². The number of nitrogens with zero attached hydrogens (tertiary/aromatic N) is 2. The van der Waals surface area contributed by atoms with Crippen LogP contribution < -0.4 is 5.56 Å². The molecule has 0 N–H and O–H groups in total. The van der Waals surface area contributed by atoms with Gasteiger partial charge in [0.2, 0.25) is 6.17 Å². The summed E-state index contributed by atoms with van der Waals surface area (Å²) in [6, 6.07) is 5.04. The number of rotatable bonds is 3. The van der Waals surface area contributed by atoms with Crippen LogP contribution >= 0.6 is 15.9 Å². The van der Waals surface area contributed by atoms with Crippen molar-refractivity contribution in [3.05, 3.63) is 39.4 Å². The van der Waals surface area contributed by atoms with Crippen LogP contribution in [0.2, 0.25) is 0 Å². The third kappa shape index (κ3) is 2.65. The molecule has 1 atom stereocenters. The molecular weight excluding hydrogens is 319 g/mol. The summed E-state index contributed by atoms with van der Waals surface area (Å²) >= 11 is 3.28. The van der Waals surface area contributed by atoms with Gasteiger partial charge in [-0.3, -0.25) is 9.36 Å². The van der Waals surface area contributed by atoms with Crippen molar-refractivity contribution in [2.75, 3.05) is 7.11 Å². The molecule has 1 aromatic carbocycles. The Morgan fingerprint density at radius 2 is 2.32 bits per heavy atom. The van der Waals surface area contributed by atoms with Gasteiger partial charge >= 0.3 is 5.97 Å². The van der Waals surface area contributed by atoms with Gasteiger partial charge in [0, 0.05) is 4.47 Å². The molecule has 0 spiro atoms. The Labute approximate surface area is 116 Å². The highest BCUT2D eigenvalue weighted by Crippen LogP contribution is 2.18. The quantitative estimate of drug-likeness (QED) is 0.804. The molecule has 19 heavy (non-hydrogen) atoms. The normalized spacial score (nSPS) is 12.4. The van der Waals surface area contributed by atoms with Gasteiger partial charge in [0.25, 0.3) is 5.56 Å². The summed E-state index contributed by atoms with van der Waals surface area (Å²) in [5.41, 5.74) is 0.0927. The highest BCUT2D eigenvalue weighted by Gasteiger charge is 2.19. The lowest BCUT2D eigenvalue weighted by molar-refractivity contribution is -0.147. The summed E-state index contributed by atoms with van der Waals surface area (Å²) < 4.78 is 19.5. The van der Waals surface area contributed by atoms with E-state index < -0.39 is 24.2 Å². The van der Waals surface area contributed by atoms with Crippen molar-refractivity contribution in [1.29, 1.82) is 0 Å². The first-order valence-electron chi connectivity index (χ1n) is 5.40. The fourth-order valence-corrected chi connectivity index (χ4v) is 2.13. The van der Waals surface area contributed by atoms with Gasteiger partial charge < -0.3 is 4.74 Å². The Kier molecular flexibility index (Phi) is 3.94. The topological polar surface area (TPSA) is 61.2 Å². The minimum atomic E-state index is -1.89. The molecule has 0 radical (unpaired) electrons. The fraction of sp³-hybridized carbons (Fsp3) is 0.250. The van der Waals surface area contributed by atoms with Crippen molar-refractivity contribution in [2.24, 2.45) is 0 Å². The Hall–Kier alpha value is -1.76. The summed E-state index contributed by atoms with van der Waals surface area (Å²) in [5, 5.41) is 0.356. The van der Waals surface area contributed by atoms with Gasteiger partial charge in [0.15, 0.2) is 0 Å². The van der Waals surface area contributed by atoms with E-state index in [-0.39, 0.29) is 0 Å². The minimum Gasteiger partial charge on any atom is -0.467 e. The van der Waals surface area contributed by atoms with Crippen molar-refractivity contribution in [3.8, 4) is 0 Å². The van der Waals surface area contributed by atoms with Gasteiger partial charge in [-0.15, -0.1) is 0 Å². The first kappa shape index (κ1) is 13.7. The predicted molar refractivity (Wildman–Crippen MR) is 70.6 cm³/mol. The SMILES string of the molecule is COC(=O)C(F)Cn1cnc2c(Br)cccc2c1=O. The number of esters is 1. The van der Waals surface area contributed by atoms with E-state index in [9.17, 15) is 14.0 Å². The van der Waals surface area contributed by atoms with Crippen LogP contribution in [0.25, 0.3) is 10.9 Å². The summed E-state index contributed by atoms with van der Waals surface area (Å²) in [6.07, 6.45) is -0.681. The third-order valence-corrected chi connectivity index (χ3v) is 3.26. The second-order valence-corrected chi connectivity index (χ2v) is 4.68. The van der Waals surface area contributed by atoms with Gasteiger partial charge in [0.05, 0.1) is 30.9 Å². The number of hydrogen-bond donors (Lipinski definition) is 0. The molecule has 1 unspecified atom stereocenters. The summed E-state index contributed by atoms with van der Waals surface area (Å²) in [4.78, 5) is 27.2. The molecule has 100 valence electrons. The van der Waals surface area contributed by atoms with Crippen LogP contribution in [-0.4, -0.2) is 28.8 Å². The first-order valence-corrected chi connectivity index (χ1v) is 6.19. The zero-order chi connectivity index (χ0) is 14.0. The van der Waals surface area contributed by atoms with Crippen LogP contribution in [0.3, 0.4) is 0 Å². The minimum absolute atomic E-state index is 0.356. The lowest BCUT2D eigenvalue weighted by Gasteiger charge is -2.09. The molecule has 0 aliphatic rings. The molecule has 0 aliphatic heterocycles. The molecule has 7 heteroatoms. The number of hydrogen-bond acceptors (Lipinski definition) is 4. The van der Waals surface area contributed by atoms with Crippen molar-refractivity contribution < 1.29 is 13.9 Å². The van der Waals surface area contributed by atoms with Crippen LogP contribution in [0.15, 0.2) is 33.8 Å². The lowest BCUT2D eigenvalue weighted by atomic mass is 10.2. The number of benzene rings is 1. The number of carbonyl (C=O) groups excluding carboxylic acids is 1. The largest absolute Gasteiger partial charge is 0.467 e. The Morgan fingerprint density at radius 1 is 1.58 bits per heavy atom. The van der Waals surface area contributed by atoms with E-state index in [2.05, 4.69) is 25.7 Å².